The van der Waals surface area contributed by atoms with Crippen molar-refractivity contribution in [1.29, 1.82) is 0 Å². The number of nitrogens with zero attached hydrogens (tertiary/aromatic N) is 1. The van der Waals surface area contributed by atoms with Crippen LogP contribution in [0.4, 0.5) is 0 Å². The third-order valence-electron chi connectivity index (χ3n) is 2.79. The standard InChI is InChI=1S/C14H12ClNO2/c15-16-13-4-2-1-3-12(13)9-10-5-7-11(8-6-10)14(17)18/h1-2,5-9H,3-4H2,(H,17,18). The molecule has 0 aliphatic heterocycles. The summed E-state index contributed by atoms with van der Waals surface area (Å²) in [5, 5.41) is 8.82. The fourth-order valence-corrected chi connectivity index (χ4v) is 1.99. The van der Waals surface area contributed by atoms with E-state index in [-0.39, 0.29) is 5.56 Å². The Morgan fingerprint density at radius 1 is 1.22 bits per heavy atom. The molecular weight excluding hydrogens is 250 g/mol. The molecule has 92 valence electrons. The molecule has 18 heavy (non-hydrogen) atoms. The largest absolute Gasteiger partial charge is 0.478 e. The molecule has 0 bridgehead atoms. The molecule has 2 rings (SSSR count). The first-order valence-electron chi connectivity index (χ1n) is 5.58. The number of carboxylic acid groups (broad SMARTS) is 1. The van der Waals surface area contributed by atoms with Crippen LogP contribution < -0.4 is 0 Å². The van der Waals surface area contributed by atoms with Gasteiger partial charge in [-0.2, -0.15) is 4.51 Å². The van der Waals surface area contributed by atoms with E-state index in [1.165, 1.54) is 0 Å². The lowest BCUT2D eigenvalue weighted by molar-refractivity contribution is 0.0697. The van der Waals surface area contributed by atoms with Crippen molar-refractivity contribution < 1.29 is 9.90 Å². The number of rotatable bonds is 2. The highest BCUT2D eigenvalue weighted by molar-refractivity contribution is 6.23. The number of carboxylic acids is 1. The minimum Gasteiger partial charge on any atom is -0.478 e. The Bertz CT molecular complexity index is 541. The van der Waals surface area contributed by atoms with Gasteiger partial charge in [0.15, 0.2) is 0 Å². The Morgan fingerprint density at radius 3 is 2.50 bits per heavy atom. The van der Waals surface area contributed by atoms with Gasteiger partial charge in [0, 0.05) is 18.2 Å². The zero-order chi connectivity index (χ0) is 13.0. The molecule has 1 aliphatic carbocycles. The quantitative estimate of drug-likeness (QED) is 0.825. The summed E-state index contributed by atoms with van der Waals surface area (Å²) < 4.78 is 3.75. The molecule has 0 heterocycles. The third-order valence-corrected chi connectivity index (χ3v) is 2.99. The Hall–Kier alpha value is -1.87. The smallest absolute Gasteiger partial charge is 0.335 e. The summed E-state index contributed by atoms with van der Waals surface area (Å²) in [5.74, 6) is -0.919. The van der Waals surface area contributed by atoms with E-state index in [1.807, 2.05) is 12.2 Å². The summed E-state index contributed by atoms with van der Waals surface area (Å²) in [5.41, 5.74) is 3.16. The van der Waals surface area contributed by atoms with E-state index in [0.29, 0.717) is 0 Å². The molecule has 1 aromatic rings. The van der Waals surface area contributed by atoms with E-state index in [9.17, 15) is 4.79 Å². The van der Waals surface area contributed by atoms with Crippen molar-refractivity contribution in [2.24, 2.45) is 4.51 Å². The van der Waals surface area contributed by atoms with Gasteiger partial charge in [-0.1, -0.05) is 24.3 Å². The van der Waals surface area contributed by atoms with Crippen molar-refractivity contribution in [3.05, 3.63) is 53.1 Å². The fourth-order valence-electron chi connectivity index (χ4n) is 1.81. The van der Waals surface area contributed by atoms with Gasteiger partial charge in [0.05, 0.1) is 11.3 Å². The van der Waals surface area contributed by atoms with Crippen molar-refractivity contribution in [2.45, 2.75) is 12.8 Å². The van der Waals surface area contributed by atoms with Crippen LogP contribution >= 0.6 is 11.8 Å². The van der Waals surface area contributed by atoms with Crippen LogP contribution in [0, 0.1) is 0 Å². The molecule has 1 aromatic carbocycles. The van der Waals surface area contributed by atoms with Gasteiger partial charge in [-0.05, 0) is 35.8 Å². The first-order chi connectivity index (χ1) is 8.70. The maximum atomic E-state index is 10.7. The minimum atomic E-state index is -0.919. The van der Waals surface area contributed by atoms with Crippen LogP contribution in [0.3, 0.4) is 0 Å². The first-order valence-corrected chi connectivity index (χ1v) is 5.91. The molecule has 0 fully saturated rings. The van der Waals surface area contributed by atoms with Crippen LogP contribution in [0.25, 0.3) is 6.08 Å². The molecule has 0 unspecified atom stereocenters. The summed E-state index contributed by atoms with van der Waals surface area (Å²) in [6.45, 7) is 0. The molecule has 0 amide bonds. The lowest BCUT2D eigenvalue weighted by Gasteiger charge is -2.10. The number of carbonyl (C=O) groups is 1. The van der Waals surface area contributed by atoms with Gasteiger partial charge in [0.1, 0.15) is 0 Å². The monoisotopic (exact) mass is 261 g/mol. The zero-order valence-corrected chi connectivity index (χ0v) is 10.4. The molecule has 0 spiro atoms. The molecule has 1 aliphatic rings. The van der Waals surface area contributed by atoms with Crippen molar-refractivity contribution in [3.8, 4) is 0 Å². The maximum absolute atomic E-state index is 10.7. The third kappa shape index (κ3) is 2.87. The second-order valence-corrected chi connectivity index (χ2v) is 4.18. The second-order valence-electron chi connectivity index (χ2n) is 4.01. The van der Waals surface area contributed by atoms with Crippen molar-refractivity contribution in [3.63, 3.8) is 0 Å². The van der Waals surface area contributed by atoms with Gasteiger partial charge in [-0.3, -0.25) is 0 Å². The van der Waals surface area contributed by atoms with Gasteiger partial charge in [0.2, 0.25) is 0 Å². The SMILES string of the molecule is O=C(O)c1ccc(C=C2CC=CCC2=NCl)cc1. The molecule has 0 saturated carbocycles. The Morgan fingerprint density at radius 2 is 1.89 bits per heavy atom. The number of aromatic carboxylic acids is 1. The van der Waals surface area contributed by atoms with E-state index in [0.717, 1.165) is 29.7 Å². The lowest BCUT2D eigenvalue weighted by atomic mass is 9.96. The summed E-state index contributed by atoms with van der Waals surface area (Å²) in [7, 11) is 0. The average molecular weight is 262 g/mol. The van der Waals surface area contributed by atoms with Crippen molar-refractivity contribution in [2.75, 3.05) is 0 Å². The molecule has 0 saturated heterocycles. The van der Waals surface area contributed by atoms with Gasteiger partial charge in [0.25, 0.3) is 0 Å². The van der Waals surface area contributed by atoms with Crippen LogP contribution in [0.2, 0.25) is 0 Å². The first kappa shape index (κ1) is 12.6. The molecular formula is C14H12ClNO2. The maximum Gasteiger partial charge on any atom is 0.335 e. The topological polar surface area (TPSA) is 49.7 Å². The van der Waals surface area contributed by atoms with Crippen LogP contribution in [-0.2, 0) is 0 Å². The van der Waals surface area contributed by atoms with Gasteiger partial charge in [-0.25, -0.2) is 4.79 Å². The summed E-state index contributed by atoms with van der Waals surface area (Å²) >= 11 is 5.54. The molecule has 0 atom stereocenters. The highest BCUT2D eigenvalue weighted by atomic mass is 35.5. The van der Waals surface area contributed by atoms with E-state index in [1.54, 1.807) is 24.3 Å². The average Bonchev–Trinajstić information content (AvgIpc) is 2.40. The van der Waals surface area contributed by atoms with Gasteiger partial charge >= 0.3 is 5.97 Å². The molecule has 0 aromatic heterocycles. The Balaban J connectivity index is 2.27. The fraction of sp³-hybridized carbons (Fsp3) is 0.143. The van der Waals surface area contributed by atoms with Crippen LogP contribution in [0.5, 0.6) is 0 Å². The summed E-state index contributed by atoms with van der Waals surface area (Å²) in [6, 6.07) is 6.73. The molecule has 1 N–H and O–H groups in total. The molecule has 3 nitrogen and oxygen atoms in total. The Labute approximate surface area is 110 Å². The van der Waals surface area contributed by atoms with Crippen LogP contribution in [0.1, 0.15) is 28.8 Å². The van der Waals surface area contributed by atoms with E-state index >= 15 is 0 Å². The highest BCUT2D eigenvalue weighted by Crippen LogP contribution is 2.19. The highest BCUT2D eigenvalue weighted by Gasteiger charge is 2.09. The predicted octanol–water partition coefficient (Wildman–Crippen LogP) is 3.71. The van der Waals surface area contributed by atoms with Crippen LogP contribution in [-0.4, -0.2) is 16.8 Å². The van der Waals surface area contributed by atoms with Gasteiger partial charge in [-0.15, -0.1) is 0 Å². The van der Waals surface area contributed by atoms with Crippen molar-refractivity contribution >= 4 is 29.5 Å². The van der Waals surface area contributed by atoms with E-state index < -0.39 is 5.97 Å². The number of halogens is 1. The Kier molecular flexibility index (Phi) is 3.95. The van der Waals surface area contributed by atoms with E-state index in [2.05, 4.69) is 10.6 Å². The normalized spacial score (nSPS) is 19.4. The van der Waals surface area contributed by atoms with Crippen LogP contribution in [0.15, 0.2) is 46.5 Å². The van der Waals surface area contributed by atoms with Gasteiger partial charge < -0.3 is 5.11 Å². The minimum absolute atomic E-state index is 0.284. The summed E-state index contributed by atoms with van der Waals surface area (Å²) in [4.78, 5) is 10.7. The lowest BCUT2D eigenvalue weighted by Crippen LogP contribution is -2.04. The van der Waals surface area contributed by atoms with E-state index in [4.69, 9.17) is 16.9 Å². The number of hydrogen-bond acceptors (Lipinski definition) is 2. The molecule has 0 radical (unpaired) electrons. The predicted molar refractivity (Wildman–Crippen MR) is 73.0 cm³/mol. The van der Waals surface area contributed by atoms with Crippen molar-refractivity contribution in [1.82, 2.24) is 0 Å². The number of allylic oxidation sites excluding steroid dienone is 3. The zero-order valence-electron chi connectivity index (χ0n) is 9.64. The second kappa shape index (κ2) is 5.65. The summed E-state index contributed by atoms with van der Waals surface area (Å²) in [6.07, 6.45) is 7.63. The number of hydrogen-bond donors (Lipinski definition) is 1. The number of benzene rings is 1. The molecule has 4 heteroatoms.